The smallest absolute Gasteiger partial charge is 0.437 e. The summed E-state index contributed by atoms with van der Waals surface area (Å²) in [5, 5.41) is 0. The molecule has 0 amide bonds. The Morgan fingerprint density at radius 3 is 2.58 bits per heavy atom. The molecule has 0 aliphatic carbocycles. The molecule has 0 unspecified atom stereocenters. The number of carbonyl (C=O) groups is 1. The molecule has 0 aliphatic heterocycles. The molecule has 3 heteroatoms. The van der Waals surface area contributed by atoms with Crippen molar-refractivity contribution in [3.63, 3.8) is 0 Å². The van der Waals surface area contributed by atoms with Gasteiger partial charge < -0.3 is 9.47 Å². The van der Waals surface area contributed by atoms with Gasteiger partial charge in [0, 0.05) is 0 Å². The van der Waals surface area contributed by atoms with Gasteiger partial charge in [0.25, 0.3) is 0 Å². The summed E-state index contributed by atoms with van der Waals surface area (Å²) in [6, 6.07) is 7.25. The summed E-state index contributed by atoms with van der Waals surface area (Å²) in [6.07, 6.45) is -0.690. The quantitative estimate of drug-likeness (QED) is 0.473. The molecule has 0 atom stereocenters. The van der Waals surface area contributed by atoms with Crippen molar-refractivity contribution in [1.82, 2.24) is 0 Å². The SMILES string of the molecule is COC(=O)Oc1ccccc1C. The van der Waals surface area contributed by atoms with E-state index >= 15 is 0 Å². The van der Waals surface area contributed by atoms with Crippen molar-refractivity contribution >= 4 is 6.16 Å². The van der Waals surface area contributed by atoms with Crippen molar-refractivity contribution in [3.05, 3.63) is 29.8 Å². The first kappa shape index (κ1) is 8.59. The second-order valence-corrected chi connectivity index (χ2v) is 2.32. The molecular formula is C9H10O3. The molecule has 0 saturated heterocycles. The van der Waals surface area contributed by atoms with Crippen molar-refractivity contribution in [2.45, 2.75) is 6.92 Å². The molecule has 0 aromatic heterocycles. The third-order valence-electron chi connectivity index (χ3n) is 1.45. The van der Waals surface area contributed by atoms with E-state index in [0.29, 0.717) is 5.75 Å². The van der Waals surface area contributed by atoms with E-state index in [1.54, 1.807) is 12.1 Å². The van der Waals surface area contributed by atoms with Gasteiger partial charge in [-0.1, -0.05) is 18.2 Å². The Bertz CT molecular complexity index is 281. The van der Waals surface area contributed by atoms with Gasteiger partial charge in [-0.3, -0.25) is 0 Å². The van der Waals surface area contributed by atoms with Crippen LogP contribution in [0, 0.1) is 6.92 Å². The predicted octanol–water partition coefficient (Wildman–Crippen LogP) is 2.14. The zero-order chi connectivity index (χ0) is 8.97. The minimum atomic E-state index is -0.690. The number of methoxy groups -OCH3 is 1. The molecule has 0 N–H and O–H groups in total. The normalized spacial score (nSPS) is 9.17. The molecule has 0 saturated carbocycles. The van der Waals surface area contributed by atoms with Gasteiger partial charge in [-0.25, -0.2) is 4.79 Å². The van der Waals surface area contributed by atoms with E-state index in [2.05, 4.69) is 4.74 Å². The van der Waals surface area contributed by atoms with Gasteiger partial charge in [0.05, 0.1) is 7.11 Å². The van der Waals surface area contributed by atoms with Crippen molar-refractivity contribution in [3.8, 4) is 5.75 Å². The number of carbonyl (C=O) groups excluding carboxylic acids is 1. The second kappa shape index (κ2) is 3.76. The van der Waals surface area contributed by atoms with Crippen molar-refractivity contribution in [2.24, 2.45) is 0 Å². The number of ether oxygens (including phenoxy) is 2. The molecule has 3 nitrogen and oxygen atoms in total. The number of rotatable bonds is 1. The van der Waals surface area contributed by atoms with Gasteiger partial charge in [0.2, 0.25) is 0 Å². The zero-order valence-electron chi connectivity index (χ0n) is 7.03. The van der Waals surface area contributed by atoms with Crippen LogP contribution in [-0.4, -0.2) is 13.3 Å². The number of para-hydroxylation sites is 1. The van der Waals surface area contributed by atoms with E-state index < -0.39 is 6.16 Å². The molecule has 1 rings (SSSR count). The lowest BCUT2D eigenvalue weighted by Crippen LogP contribution is -2.07. The number of benzene rings is 1. The maximum absolute atomic E-state index is 10.7. The van der Waals surface area contributed by atoms with Crippen LogP contribution in [0.2, 0.25) is 0 Å². The fourth-order valence-electron chi connectivity index (χ4n) is 0.802. The van der Waals surface area contributed by atoms with Crippen molar-refractivity contribution in [2.75, 3.05) is 7.11 Å². The molecule has 0 radical (unpaired) electrons. The van der Waals surface area contributed by atoms with Crippen LogP contribution in [-0.2, 0) is 4.74 Å². The molecule has 0 heterocycles. The van der Waals surface area contributed by atoms with Gasteiger partial charge in [-0.2, -0.15) is 0 Å². The first-order valence-corrected chi connectivity index (χ1v) is 3.55. The molecule has 12 heavy (non-hydrogen) atoms. The zero-order valence-corrected chi connectivity index (χ0v) is 7.03. The summed E-state index contributed by atoms with van der Waals surface area (Å²) >= 11 is 0. The highest BCUT2D eigenvalue weighted by Gasteiger charge is 2.04. The van der Waals surface area contributed by atoms with Crippen LogP contribution in [0.5, 0.6) is 5.75 Å². The molecule has 0 fully saturated rings. The van der Waals surface area contributed by atoms with E-state index in [-0.39, 0.29) is 0 Å². The fourth-order valence-corrected chi connectivity index (χ4v) is 0.802. The summed E-state index contributed by atoms with van der Waals surface area (Å²) in [5.41, 5.74) is 0.905. The fraction of sp³-hybridized carbons (Fsp3) is 0.222. The Morgan fingerprint density at radius 1 is 1.33 bits per heavy atom. The van der Waals surface area contributed by atoms with Gasteiger partial charge in [-0.05, 0) is 18.6 Å². The highest BCUT2D eigenvalue weighted by Crippen LogP contribution is 2.16. The highest BCUT2D eigenvalue weighted by molar-refractivity contribution is 5.64. The van der Waals surface area contributed by atoms with E-state index in [0.717, 1.165) is 5.56 Å². The Balaban J connectivity index is 2.75. The molecule has 0 bridgehead atoms. The lowest BCUT2D eigenvalue weighted by atomic mass is 10.2. The summed E-state index contributed by atoms with van der Waals surface area (Å²) in [4.78, 5) is 10.7. The maximum Gasteiger partial charge on any atom is 0.513 e. The first-order chi connectivity index (χ1) is 5.74. The van der Waals surface area contributed by atoms with E-state index in [9.17, 15) is 4.79 Å². The average Bonchev–Trinajstić information content (AvgIpc) is 2.09. The largest absolute Gasteiger partial charge is 0.513 e. The Hall–Kier alpha value is -1.51. The van der Waals surface area contributed by atoms with Crippen LogP contribution in [0.4, 0.5) is 4.79 Å². The van der Waals surface area contributed by atoms with Gasteiger partial charge in [-0.15, -0.1) is 0 Å². The van der Waals surface area contributed by atoms with Crippen molar-refractivity contribution < 1.29 is 14.3 Å². The van der Waals surface area contributed by atoms with Crippen LogP contribution in [0.25, 0.3) is 0 Å². The second-order valence-electron chi connectivity index (χ2n) is 2.32. The molecule has 0 spiro atoms. The van der Waals surface area contributed by atoms with Crippen LogP contribution < -0.4 is 4.74 Å². The standard InChI is InChI=1S/C9H10O3/c1-7-5-3-4-6-8(7)12-9(10)11-2/h3-6H,1-2H3. The molecule has 1 aromatic rings. The summed E-state index contributed by atoms with van der Waals surface area (Å²) in [5.74, 6) is 0.532. The molecule has 1 aromatic carbocycles. The minimum Gasteiger partial charge on any atom is -0.437 e. The molecule has 64 valence electrons. The lowest BCUT2D eigenvalue weighted by Gasteiger charge is -2.04. The van der Waals surface area contributed by atoms with E-state index in [1.807, 2.05) is 19.1 Å². The third-order valence-corrected chi connectivity index (χ3v) is 1.45. The van der Waals surface area contributed by atoms with Gasteiger partial charge >= 0.3 is 6.16 Å². The van der Waals surface area contributed by atoms with Crippen molar-refractivity contribution in [1.29, 1.82) is 0 Å². The number of hydrogen-bond acceptors (Lipinski definition) is 3. The first-order valence-electron chi connectivity index (χ1n) is 3.55. The Labute approximate surface area is 70.9 Å². The summed E-state index contributed by atoms with van der Waals surface area (Å²) in [6.45, 7) is 1.86. The summed E-state index contributed by atoms with van der Waals surface area (Å²) in [7, 11) is 1.28. The van der Waals surface area contributed by atoms with Crippen LogP contribution in [0.3, 0.4) is 0 Å². The van der Waals surface area contributed by atoms with E-state index in [4.69, 9.17) is 4.74 Å². The predicted molar refractivity (Wildman–Crippen MR) is 44.2 cm³/mol. The monoisotopic (exact) mass is 166 g/mol. The molecule has 0 aliphatic rings. The topological polar surface area (TPSA) is 35.5 Å². The Kier molecular flexibility index (Phi) is 2.69. The highest BCUT2D eigenvalue weighted by atomic mass is 16.7. The van der Waals surface area contributed by atoms with Gasteiger partial charge in [0.15, 0.2) is 0 Å². The Morgan fingerprint density at radius 2 is 2.00 bits per heavy atom. The molecular weight excluding hydrogens is 156 g/mol. The third kappa shape index (κ3) is 1.99. The van der Waals surface area contributed by atoms with Crippen LogP contribution in [0.15, 0.2) is 24.3 Å². The lowest BCUT2D eigenvalue weighted by molar-refractivity contribution is 0.121. The average molecular weight is 166 g/mol. The van der Waals surface area contributed by atoms with E-state index in [1.165, 1.54) is 7.11 Å². The van der Waals surface area contributed by atoms with Crippen LogP contribution in [0.1, 0.15) is 5.56 Å². The number of hydrogen-bond donors (Lipinski definition) is 0. The maximum atomic E-state index is 10.7. The van der Waals surface area contributed by atoms with Crippen LogP contribution >= 0.6 is 0 Å². The minimum absolute atomic E-state index is 0.532. The van der Waals surface area contributed by atoms with Gasteiger partial charge in [0.1, 0.15) is 5.75 Å². The number of aryl methyl sites for hydroxylation is 1. The summed E-state index contributed by atoms with van der Waals surface area (Å²) < 4.78 is 9.18.